The molecule has 0 saturated carbocycles. The summed E-state index contributed by atoms with van der Waals surface area (Å²) in [7, 11) is -4.78. The summed E-state index contributed by atoms with van der Waals surface area (Å²) in [5.41, 5.74) is 0. The maximum Gasteiger partial charge on any atom is 0.407 e. The number of rotatable bonds is 19. The number of esters is 2. The molecule has 0 heterocycles. The zero-order valence-corrected chi connectivity index (χ0v) is 22.0. The van der Waals surface area contributed by atoms with Crippen LogP contribution in [0, 0.1) is 0 Å². The van der Waals surface area contributed by atoms with Crippen molar-refractivity contribution in [2.45, 2.75) is 39.0 Å². The van der Waals surface area contributed by atoms with Gasteiger partial charge in [0, 0.05) is 26.9 Å². The highest BCUT2D eigenvalue weighted by Gasteiger charge is 2.19. The molecule has 0 aromatic carbocycles. The lowest BCUT2D eigenvalue weighted by Gasteiger charge is -2.25. The maximum atomic E-state index is 11.8. The van der Waals surface area contributed by atoms with E-state index in [4.69, 9.17) is 14.2 Å². The Morgan fingerprint density at radius 2 is 1.57 bits per heavy atom. The van der Waals surface area contributed by atoms with Crippen LogP contribution in [-0.2, 0) is 46.9 Å². The second-order valence-corrected chi connectivity index (χ2v) is 9.97. The Labute approximate surface area is 208 Å². The van der Waals surface area contributed by atoms with Gasteiger partial charge in [-0.25, -0.2) is 4.79 Å². The minimum Gasteiger partial charge on any atom is -0.756 e. The first-order valence-electron chi connectivity index (χ1n) is 10.7. The summed E-state index contributed by atoms with van der Waals surface area (Å²) in [4.78, 5) is 56.7. The summed E-state index contributed by atoms with van der Waals surface area (Å²) in [6.07, 6.45) is -1.95. The number of thioether (sulfide) groups is 1. The number of phosphoric acid groups is 1. The van der Waals surface area contributed by atoms with E-state index >= 15 is 0 Å². The van der Waals surface area contributed by atoms with Crippen LogP contribution in [0.1, 0.15) is 27.7 Å². The highest BCUT2D eigenvalue weighted by molar-refractivity contribution is 8.00. The first-order chi connectivity index (χ1) is 16.4. The molecule has 204 valence electrons. The third-order valence-corrected chi connectivity index (χ3v) is 5.48. The van der Waals surface area contributed by atoms with Crippen LogP contribution in [0.5, 0.6) is 0 Å². The Morgan fingerprint density at radius 1 is 0.886 bits per heavy atom. The molecule has 2 atom stereocenters. The first-order valence-corrected chi connectivity index (χ1v) is 13.2. The molecule has 0 radical (unpaired) electrons. The Bertz CT molecular complexity index is 709. The van der Waals surface area contributed by atoms with Gasteiger partial charge in [-0.05, 0) is 5.25 Å². The van der Waals surface area contributed by atoms with Gasteiger partial charge in [-0.1, -0.05) is 13.8 Å². The zero-order valence-electron chi connectivity index (χ0n) is 20.3. The van der Waals surface area contributed by atoms with Crippen molar-refractivity contribution in [2.75, 3.05) is 58.5 Å². The van der Waals surface area contributed by atoms with Crippen LogP contribution in [-0.4, -0.2) is 93.8 Å². The number of ether oxygens (including phenoxy) is 4. The summed E-state index contributed by atoms with van der Waals surface area (Å²) in [6, 6.07) is 0. The molecule has 0 aliphatic rings. The molecule has 16 heteroatoms. The van der Waals surface area contributed by atoms with E-state index in [9.17, 15) is 28.6 Å². The van der Waals surface area contributed by atoms with Gasteiger partial charge in [-0.3, -0.25) is 18.9 Å². The van der Waals surface area contributed by atoms with Gasteiger partial charge in [-0.15, -0.1) is 11.8 Å². The number of carbonyl (C=O) groups excluding carboxylic acids is 4. The van der Waals surface area contributed by atoms with Crippen molar-refractivity contribution in [3.05, 3.63) is 0 Å². The molecule has 0 fully saturated rings. The normalized spacial score (nSPS) is 13.4. The zero-order chi connectivity index (χ0) is 26.7. The fraction of sp³-hybridized carbons (Fsp3) is 0.789. The van der Waals surface area contributed by atoms with Gasteiger partial charge in [-0.2, -0.15) is 0 Å². The molecule has 0 rings (SSSR count). The summed E-state index contributed by atoms with van der Waals surface area (Å²) in [6.45, 7) is 5.24. The topological polar surface area (TPSA) is 188 Å². The molecule has 2 amide bonds. The lowest BCUT2D eigenvalue weighted by atomic mass is 10.4. The minimum absolute atomic E-state index is 0.0487. The Morgan fingerprint density at radius 3 is 2.20 bits per heavy atom. The molecule has 1 unspecified atom stereocenters. The van der Waals surface area contributed by atoms with Gasteiger partial charge in [0.15, 0.2) is 6.10 Å². The van der Waals surface area contributed by atoms with E-state index in [1.54, 1.807) is 0 Å². The quantitative estimate of drug-likeness (QED) is 0.0955. The summed E-state index contributed by atoms with van der Waals surface area (Å²) in [5.74, 6) is -1.06. The number of phosphoric ester groups is 1. The highest BCUT2D eigenvalue weighted by atomic mass is 32.2. The predicted octanol–water partition coefficient (Wildman–Crippen LogP) is -0.0166. The molecular weight excluding hydrogens is 511 g/mol. The van der Waals surface area contributed by atoms with Crippen LogP contribution in [0.2, 0.25) is 0 Å². The third-order valence-electron chi connectivity index (χ3n) is 3.42. The lowest BCUT2D eigenvalue weighted by molar-refractivity contribution is -0.228. The van der Waals surface area contributed by atoms with Crippen molar-refractivity contribution >= 4 is 43.5 Å². The summed E-state index contributed by atoms with van der Waals surface area (Å²) >= 11 is 1.53. The second kappa shape index (κ2) is 19.3. The molecule has 0 spiro atoms. The largest absolute Gasteiger partial charge is 0.756 e. The maximum absolute atomic E-state index is 11.8. The van der Waals surface area contributed by atoms with Crippen LogP contribution in [0.3, 0.4) is 0 Å². The van der Waals surface area contributed by atoms with Crippen LogP contribution in [0.4, 0.5) is 4.79 Å². The monoisotopic (exact) mass is 545 g/mol. The smallest absolute Gasteiger partial charge is 0.407 e. The van der Waals surface area contributed by atoms with E-state index in [2.05, 4.69) is 24.4 Å². The molecule has 0 aliphatic carbocycles. The van der Waals surface area contributed by atoms with Crippen molar-refractivity contribution in [2.24, 2.45) is 0 Å². The van der Waals surface area contributed by atoms with Gasteiger partial charge < -0.3 is 43.5 Å². The number of carbonyl (C=O) groups is 4. The summed E-state index contributed by atoms with van der Waals surface area (Å²) in [5, 5.41) is 5.35. The van der Waals surface area contributed by atoms with Gasteiger partial charge in [0.2, 0.25) is 5.91 Å². The van der Waals surface area contributed by atoms with Crippen molar-refractivity contribution in [1.29, 1.82) is 0 Å². The third kappa shape index (κ3) is 22.3. The molecule has 0 aromatic heterocycles. The van der Waals surface area contributed by atoms with Crippen LogP contribution < -0.4 is 15.5 Å². The van der Waals surface area contributed by atoms with E-state index in [-0.39, 0.29) is 32.3 Å². The number of hydrogen-bond acceptors (Lipinski definition) is 13. The van der Waals surface area contributed by atoms with Crippen LogP contribution >= 0.6 is 19.6 Å². The van der Waals surface area contributed by atoms with Gasteiger partial charge in [0.1, 0.15) is 13.2 Å². The average molecular weight is 546 g/mol. The van der Waals surface area contributed by atoms with Crippen molar-refractivity contribution in [3.63, 3.8) is 0 Å². The van der Waals surface area contributed by atoms with Crippen LogP contribution in [0.15, 0.2) is 0 Å². The SMILES string of the molecule is CC(=O)OC[C@H](COP(=O)([O-])OCCNC(=O)OCCOCCNC(=O)CSC(C)C)OC(C)=O. The molecule has 35 heavy (non-hydrogen) atoms. The van der Waals surface area contributed by atoms with Crippen molar-refractivity contribution in [1.82, 2.24) is 10.6 Å². The lowest BCUT2D eigenvalue weighted by Crippen LogP contribution is -2.31. The van der Waals surface area contributed by atoms with E-state index in [0.29, 0.717) is 17.5 Å². The molecule has 0 aromatic rings. The molecule has 2 N–H and O–H groups in total. The molecule has 0 aliphatic heterocycles. The fourth-order valence-electron chi connectivity index (χ4n) is 1.99. The molecule has 14 nitrogen and oxygen atoms in total. The van der Waals surface area contributed by atoms with Crippen LogP contribution in [0.25, 0.3) is 0 Å². The number of nitrogens with one attached hydrogen (secondary N) is 2. The fourth-order valence-corrected chi connectivity index (χ4v) is 3.31. The van der Waals surface area contributed by atoms with E-state index in [1.165, 1.54) is 11.8 Å². The number of amides is 2. The standard InChI is InChI=1S/C19H35N2O12PS/c1-14(2)35-13-18(24)20-5-7-28-9-10-29-19(25)21-6-8-31-34(26,27)32-12-17(33-16(4)23)11-30-15(3)22/h14,17H,5-13H2,1-4H3,(H,20,24)(H,21,25)(H,26,27)/p-1/t17-/m1/s1. The van der Waals surface area contributed by atoms with Gasteiger partial charge >= 0.3 is 18.0 Å². The Kier molecular flexibility index (Phi) is 18.3. The Balaban J connectivity index is 3.88. The van der Waals surface area contributed by atoms with E-state index in [1.807, 2.05) is 13.8 Å². The number of hydrogen-bond donors (Lipinski definition) is 2. The molecular formula is C19H34N2O12PS-. The predicted molar refractivity (Wildman–Crippen MR) is 122 cm³/mol. The summed E-state index contributed by atoms with van der Waals surface area (Å²) < 4.78 is 40.5. The minimum atomic E-state index is -4.78. The van der Waals surface area contributed by atoms with E-state index in [0.717, 1.165) is 13.8 Å². The van der Waals surface area contributed by atoms with Crippen molar-refractivity contribution in [3.8, 4) is 0 Å². The Hall–Kier alpha value is -1.90. The molecule has 0 bridgehead atoms. The second-order valence-electron chi connectivity index (χ2n) is 7.00. The average Bonchev–Trinajstić information content (AvgIpc) is 2.76. The first kappa shape index (κ1) is 33.1. The van der Waals surface area contributed by atoms with Gasteiger partial charge in [0.25, 0.3) is 7.82 Å². The van der Waals surface area contributed by atoms with Gasteiger partial charge in [0.05, 0.1) is 32.2 Å². The van der Waals surface area contributed by atoms with E-state index < -0.39 is 51.8 Å². The molecule has 0 saturated heterocycles. The highest BCUT2D eigenvalue weighted by Crippen LogP contribution is 2.38. The number of alkyl carbamates (subject to hydrolysis) is 1. The van der Waals surface area contributed by atoms with Crippen molar-refractivity contribution < 1.29 is 56.6 Å².